The van der Waals surface area contributed by atoms with Crippen LogP contribution >= 0.6 is 0 Å². The summed E-state index contributed by atoms with van der Waals surface area (Å²) in [6.07, 6.45) is 1.94. The lowest BCUT2D eigenvalue weighted by Crippen LogP contribution is -2.01. The Hall–Kier alpha value is -3.15. The van der Waals surface area contributed by atoms with Crippen molar-refractivity contribution in [2.75, 3.05) is 20.3 Å². The second-order valence-corrected chi connectivity index (χ2v) is 6.76. The first-order valence-corrected chi connectivity index (χ1v) is 9.87. The molecule has 0 fully saturated rings. The summed E-state index contributed by atoms with van der Waals surface area (Å²) in [4.78, 5) is 14.9. The van der Waals surface area contributed by atoms with Crippen LogP contribution in [0.4, 0.5) is 0 Å². The Morgan fingerprint density at radius 2 is 1.90 bits per heavy atom. The van der Waals surface area contributed by atoms with Gasteiger partial charge in [0.1, 0.15) is 5.75 Å². The molecule has 0 aliphatic rings. The van der Waals surface area contributed by atoms with Crippen LogP contribution in [0.25, 0.3) is 22.2 Å². The smallest absolute Gasteiger partial charge is 0.307 e. The number of carboxylic acid groups (broad SMARTS) is 1. The molecular weight excluding hydrogens is 370 g/mol. The second-order valence-electron chi connectivity index (χ2n) is 6.76. The van der Waals surface area contributed by atoms with Crippen LogP contribution in [-0.2, 0) is 11.2 Å². The highest BCUT2D eigenvalue weighted by atomic mass is 16.5. The summed E-state index contributed by atoms with van der Waals surface area (Å²) in [5.41, 5.74) is 3.19. The summed E-state index contributed by atoms with van der Waals surface area (Å²) in [6, 6.07) is 11.4. The maximum absolute atomic E-state index is 11.6. The molecule has 0 saturated carbocycles. The van der Waals surface area contributed by atoms with Gasteiger partial charge in [0, 0.05) is 16.5 Å². The minimum Gasteiger partial charge on any atom is -0.494 e. The maximum Gasteiger partial charge on any atom is 0.307 e. The van der Waals surface area contributed by atoms with Crippen LogP contribution in [0.2, 0.25) is 0 Å². The van der Waals surface area contributed by atoms with Crippen molar-refractivity contribution in [2.45, 2.75) is 33.1 Å². The molecule has 6 heteroatoms. The first-order valence-electron chi connectivity index (χ1n) is 9.87. The third kappa shape index (κ3) is 4.65. The van der Waals surface area contributed by atoms with Crippen molar-refractivity contribution >= 4 is 16.9 Å². The third-order valence-corrected chi connectivity index (χ3v) is 4.72. The van der Waals surface area contributed by atoms with Gasteiger partial charge in [-0.1, -0.05) is 13.3 Å². The van der Waals surface area contributed by atoms with Crippen LogP contribution in [0.15, 0.2) is 36.4 Å². The molecule has 6 nitrogen and oxygen atoms in total. The Bertz CT molecular complexity index is 992. The Balaban J connectivity index is 2.07. The van der Waals surface area contributed by atoms with Gasteiger partial charge >= 0.3 is 5.97 Å². The lowest BCUT2D eigenvalue weighted by Gasteiger charge is -2.11. The van der Waals surface area contributed by atoms with Crippen molar-refractivity contribution < 1.29 is 24.1 Å². The van der Waals surface area contributed by atoms with Gasteiger partial charge in [0.25, 0.3) is 0 Å². The first kappa shape index (κ1) is 20.6. The van der Waals surface area contributed by atoms with E-state index in [1.807, 2.05) is 43.3 Å². The number of aromatic amines is 1. The molecule has 0 radical (unpaired) electrons. The lowest BCUT2D eigenvalue weighted by atomic mass is 10.0. The molecule has 29 heavy (non-hydrogen) atoms. The zero-order chi connectivity index (χ0) is 20.8. The van der Waals surface area contributed by atoms with Gasteiger partial charge in [0.2, 0.25) is 0 Å². The molecule has 3 rings (SSSR count). The number of fused-ring (bicyclic) bond motifs is 1. The van der Waals surface area contributed by atoms with Crippen LogP contribution < -0.4 is 14.2 Å². The zero-order valence-corrected chi connectivity index (χ0v) is 17.1. The predicted molar refractivity (Wildman–Crippen MR) is 113 cm³/mol. The normalized spacial score (nSPS) is 10.9. The summed E-state index contributed by atoms with van der Waals surface area (Å²) >= 11 is 0. The highest BCUT2D eigenvalue weighted by molar-refractivity contribution is 5.95. The standard InChI is InChI=1S/C23H27NO5/c1-4-6-11-29-16-8-9-19-17(13-16)18(14-22(25)26)23(24-19)15-7-10-20(28-5-2)21(12-15)27-3/h7-10,12-13,24H,4-6,11,14H2,1-3H3,(H,25,26). The second kappa shape index (κ2) is 9.37. The lowest BCUT2D eigenvalue weighted by molar-refractivity contribution is -0.136. The number of benzene rings is 2. The van der Waals surface area contributed by atoms with Crippen molar-refractivity contribution in [3.63, 3.8) is 0 Å². The minimum atomic E-state index is -0.887. The molecule has 154 valence electrons. The van der Waals surface area contributed by atoms with E-state index in [0.717, 1.165) is 46.3 Å². The largest absolute Gasteiger partial charge is 0.494 e. The third-order valence-electron chi connectivity index (χ3n) is 4.72. The molecule has 3 aromatic rings. The number of rotatable bonds is 10. The zero-order valence-electron chi connectivity index (χ0n) is 17.1. The molecule has 0 aliphatic heterocycles. The van der Waals surface area contributed by atoms with Crippen LogP contribution in [0.5, 0.6) is 17.2 Å². The SMILES string of the molecule is CCCCOc1ccc2[nH]c(-c3ccc(OCC)c(OC)c3)c(CC(=O)O)c2c1. The number of ether oxygens (including phenoxy) is 3. The highest BCUT2D eigenvalue weighted by Gasteiger charge is 2.18. The monoisotopic (exact) mass is 397 g/mol. The van der Waals surface area contributed by atoms with Gasteiger partial charge in [-0.05, 0) is 55.3 Å². The molecule has 1 heterocycles. The van der Waals surface area contributed by atoms with E-state index in [1.165, 1.54) is 0 Å². The van der Waals surface area contributed by atoms with Gasteiger partial charge in [-0.2, -0.15) is 0 Å². The molecule has 0 amide bonds. The average Bonchev–Trinajstić information content (AvgIpc) is 3.06. The van der Waals surface area contributed by atoms with E-state index in [2.05, 4.69) is 11.9 Å². The van der Waals surface area contributed by atoms with E-state index in [-0.39, 0.29) is 6.42 Å². The number of nitrogens with one attached hydrogen (secondary N) is 1. The Morgan fingerprint density at radius 3 is 2.59 bits per heavy atom. The summed E-state index contributed by atoms with van der Waals surface area (Å²) in [7, 11) is 1.59. The van der Waals surface area contributed by atoms with Crippen molar-refractivity contribution in [2.24, 2.45) is 0 Å². The van der Waals surface area contributed by atoms with E-state index >= 15 is 0 Å². The highest BCUT2D eigenvalue weighted by Crippen LogP contribution is 2.37. The number of aromatic nitrogens is 1. The van der Waals surface area contributed by atoms with Crippen LogP contribution in [0.1, 0.15) is 32.3 Å². The predicted octanol–water partition coefficient (Wildman–Crippen LogP) is 5.05. The number of carboxylic acids is 1. The van der Waals surface area contributed by atoms with Crippen molar-refractivity contribution in [3.8, 4) is 28.5 Å². The summed E-state index contributed by atoms with van der Waals surface area (Å²) < 4.78 is 16.9. The number of methoxy groups -OCH3 is 1. The molecule has 1 aromatic heterocycles. The van der Waals surface area contributed by atoms with E-state index in [9.17, 15) is 9.90 Å². The fraction of sp³-hybridized carbons (Fsp3) is 0.348. The van der Waals surface area contributed by atoms with Gasteiger partial charge in [0.05, 0.1) is 32.4 Å². The molecule has 2 N–H and O–H groups in total. The van der Waals surface area contributed by atoms with E-state index in [4.69, 9.17) is 14.2 Å². The van der Waals surface area contributed by atoms with Gasteiger partial charge in [-0.25, -0.2) is 0 Å². The van der Waals surface area contributed by atoms with Gasteiger partial charge in [-0.15, -0.1) is 0 Å². The number of unbranched alkanes of at least 4 members (excludes halogenated alkanes) is 1. The fourth-order valence-corrected chi connectivity index (χ4v) is 3.33. The minimum absolute atomic E-state index is 0.0940. The number of aliphatic carboxylic acids is 1. The van der Waals surface area contributed by atoms with E-state index in [1.54, 1.807) is 7.11 Å². The van der Waals surface area contributed by atoms with Gasteiger partial charge in [0.15, 0.2) is 11.5 Å². The van der Waals surface area contributed by atoms with Crippen LogP contribution in [0.3, 0.4) is 0 Å². The van der Waals surface area contributed by atoms with Crippen LogP contribution in [-0.4, -0.2) is 36.4 Å². The fourth-order valence-electron chi connectivity index (χ4n) is 3.33. The molecule has 0 unspecified atom stereocenters. The summed E-state index contributed by atoms with van der Waals surface area (Å²) in [5, 5.41) is 10.3. The molecular formula is C23H27NO5. The average molecular weight is 397 g/mol. The number of carbonyl (C=O) groups is 1. The van der Waals surface area contributed by atoms with Crippen molar-refractivity contribution in [1.82, 2.24) is 4.98 Å². The quantitative estimate of drug-likeness (QED) is 0.468. The maximum atomic E-state index is 11.6. The van der Waals surface area contributed by atoms with Crippen molar-refractivity contribution in [3.05, 3.63) is 42.0 Å². The molecule has 2 aromatic carbocycles. The number of H-pyrrole nitrogens is 1. The van der Waals surface area contributed by atoms with Gasteiger partial charge in [-0.3, -0.25) is 4.79 Å². The van der Waals surface area contributed by atoms with Crippen LogP contribution in [0, 0.1) is 0 Å². The van der Waals surface area contributed by atoms with E-state index < -0.39 is 5.97 Å². The Morgan fingerprint density at radius 1 is 1.07 bits per heavy atom. The number of hydrogen-bond donors (Lipinski definition) is 2. The molecule has 0 bridgehead atoms. The molecule has 0 spiro atoms. The summed E-state index contributed by atoms with van der Waals surface area (Å²) in [6.45, 7) is 5.20. The Labute approximate surface area is 170 Å². The molecule has 0 aliphatic carbocycles. The number of hydrogen-bond acceptors (Lipinski definition) is 4. The van der Waals surface area contributed by atoms with E-state index in [0.29, 0.717) is 24.7 Å². The topological polar surface area (TPSA) is 80.8 Å². The Kier molecular flexibility index (Phi) is 6.65. The van der Waals surface area contributed by atoms with Crippen molar-refractivity contribution in [1.29, 1.82) is 0 Å². The van der Waals surface area contributed by atoms with Gasteiger partial charge < -0.3 is 24.3 Å². The summed E-state index contributed by atoms with van der Waals surface area (Å²) in [5.74, 6) is 1.11. The molecule has 0 atom stereocenters. The molecule has 0 saturated heterocycles. The first-order chi connectivity index (χ1) is 14.1.